The molecule has 6 nitrogen and oxygen atoms in total. The molecule has 0 aromatic carbocycles. The molecule has 0 N–H and O–H groups in total. The number of unbranched alkanes of at least 4 members (excludes halogenated alkanes) is 20. The first kappa shape index (κ1) is 46.6. The molecule has 284 valence electrons. The Morgan fingerprint density at radius 3 is 1.24 bits per heavy atom. The second kappa shape index (κ2) is 38.4. The Morgan fingerprint density at radius 2 is 0.755 bits per heavy atom. The van der Waals surface area contributed by atoms with Gasteiger partial charge in [-0.25, -0.2) is 0 Å². The lowest BCUT2D eigenvalue weighted by Gasteiger charge is -2.18. The smallest absolute Gasteiger partial charge is 0.306 e. The highest BCUT2D eigenvalue weighted by atomic mass is 16.6. The zero-order chi connectivity index (χ0) is 35.9. The van der Waals surface area contributed by atoms with Gasteiger partial charge in [-0.3, -0.25) is 14.4 Å². The van der Waals surface area contributed by atoms with Crippen LogP contribution >= 0.6 is 0 Å². The summed E-state index contributed by atoms with van der Waals surface area (Å²) in [7, 11) is 0. The van der Waals surface area contributed by atoms with E-state index in [1.807, 2.05) is 0 Å². The van der Waals surface area contributed by atoms with E-state index in [0.29, 0.717) is 19.3 Å². The fourth-order valence-corrected chi connectivity index (χ4v) is 5.46. The zero-order valence-corrected chi connectivity index (χ0v) is 32.2. The molecule has 0 aromatic rings. The predicted molar refractivity (Wildman–Crippen MR) is 206 cm³/mol. The first-order chi connectivity index (χ1) is 24.0. The number of esters is 3. The molecular weight excluding hydrogens is 612 g/mol. The van der Waals surface area contributed by atoms with Crippen LogP contribution in [-0.4, -0.2) is 37.2 Å². The summed E-state index contributed by atoms with van der Waals surface area (Å²) in [6.07, 6.45) is 41.3. The number of allylic oxidation sites excluding steroid dienone is 6. The highest BCUT2D eigenvalue weighted by Crippen LogP contribution is 2.13. The number of rotatable bonds is 36. The third-order valence-corrected chi connectivity index (χ3v) is 8.65. The van der Waals surface area contributed by atoms with E-state index in [1.54, 1.807) is 0 Å². The Kier molecular flexibility index (Phi) is 36.6. The molecule has 49 heavy (non-hydrogen) atoms. The van der Waals surface area contributed by atoms with Crippen molar-refractivity contribution in [2.45, 2.75) is 207 Å². The van der Waals surface area contributed by atoms with Crippen molar-refractivity contribution in [3.63, 3.8) is 0 Å². The summed E-state index contributed by atoms with van der Waals surface area (Å²) in [5.74, 6) is -0.934. The minimum Gasteiger partial charge on any atom is -0.462 e. The molecule has 0 fully saturated rings. The maximum atomic E-state index is 12.6. The maximum Gasteiger partial charge on any atom is 0.306 e. The summed E-state index contributed by atoms with van der Waals surface area (Å²) in [4.78, 5) is 37.5. The van der Waals surface area contributed by atoms with Crippen LogP contribution in [0.3, 0.4) is 0 Å². The van der Waals surface area contributed by atoms with Gasteiger partial charge in [-0.2, -0.15) is 0 Å². The summed E-state index contributed by atoms with van der Waals surface area (Å²) < 4.78 is 16.6. The molecule has 6 heteroatoms. The quantitative estimate of drug-likeness (QED) is 0.0214. The van der Waals surface area contributed by atoms with Gasteiger partial charge in [0.2, 0.25) is 0 Å². The molecule has 0 radical (unpaired) electrons. The van der Waals surface area contributed by atoms with Crippen molar-refractivity contribution in [1.82, 2.24) is 0 Å². The second-order valence-electron chi connectivity index (χ2n) is 13.6. The van der Waals surface area contributed by atoms with Gasteiger partial charge < -0.3 is 14.2 Å². The summed E-state index contributed by atoms with van der Waals surface area (Å²) in [6, 6.07) is 0. The Morgan fingerprint density at radius 1 is 0.408 bits per heavy atom. The Labute approximate surface area is 302 Å². The van der Waals surface area contributed by atoms with Crippen molar-refractivity contribution < 1.29 is 28.6 Å². The summed E-state index contributed by atoms with van der Waals surface area (Å²) in [5.41, 5.74) is 0. The Bertz CT molecular complexity index is 845. The molecule has 0 saturated carbocycles. The standard InChI is InChI=1S/C43H76O6/c1-4-7-10-13-16-19-22-25-27-30-33-36-42(45)48-39-40(49-43(46)37-34-31-28-24-21-18-15-12-9-6-3)38-47-41(44)35-32-29-26-23-20-17-14-11-8-5-2/h13,15-16,18-19,22,40H,4-12,14,17,20-21,23-39H2,1-3H3/b16-13-,18-15-,22-19-. The van der Waals surface area contributed by atoms with Gasteiger partial charge in [-0.1, -0.05) is 160 Å². The SMILES string of the molecule is CCCC/C=C\C=C/CCCCCC(=O)OCC(COC(=O)CCCCCCCCCCCC)OC(=O)CCCCCC/C=C\CCCC. The summed E-state index contributed by atoms with van der Waals surface area (Å²) >= 11 is 0. The molecule has 1 unspecified atom stereocenters. The van der Waals surface area contributed by atoms with Crippen molar-refractivity contribution >= 4 is 17.9 Å². The van der Waals surface area contributed by atoms with Crippen LogP contribution in [0.5, 0.6) is 0 Å². The minimum absolute atomic E-state index is 0.0841. The first-order valence-corrected chi connectivity index (χ1v) is 20.5. The molecule has 0 saturated heterocycles. The summed E-state index contributed by atoms with van der Waals surface area (Å²) in [6.45, 7) is 6.47. The highest BCUT2D eigenvalue weighted by molar-refractivity contribution is 5.71. The maximum absolute atomic E-state index is 12.6. The largest absolute Gasteiger partial charge is 0.462 e. The van der Waals surface area contributed by atoms with E-state index in [9.17, 15) is 14.4 Å². The average molecular weight is 689 g/mol. The normalized spacial score (nSPS) is 12.3. The lowest BCUT2D eigenvalue weighted by molar-refractivity contribution is -0.167. The van der Waals surface area contributed by atoms with Crippen LogP contribution in [0.4, 0.5) is 0 Å². The Hall–Kier alpha value is -2.37. The molecule has 0 spiro atoms. The van der Waals surface area contributed by atoms with E-state index in [0.717, 1.165) is 89.9 Å². The van der Waals surface area contributed by atoms with Gasteiger partial charge in [-0.15, -0.1) is 0 Å². The number of carbonyl (C=O) groups is 3. The number of hydrogen-bond acceptors (Lipinski definition) is 6. The highest BCUT2D eigenvalue weighted by Gasteiger charge is 2.19. The third kappa shape index (κ3) is 36.7. The van der Waals surface area contributed by atoms with Crippen molar-refractivity contribution in [3.8, 4) is 0 Å². The minimum atomic E-state index is -0.781. The van der Waals surface area contributed by atoms with E-state index in [1.165, 1.54) is 70.6 Å². The van der Waals surface area contributed by atoms with Gasteiger partial charge in [0.15, 0.2) is 6.10 Å². The molecular formula is C43H76O6. The fraction of sp³-hybridized carbons (Fsp3) is 0.791. The van der Waals surface area contributed by atoms with Crippen LogP contribution in [0.2, 0.25) is 0 Å². The Balaban J connectivity index is 4.43. The van der Waals surface area contributed by atoms with Crippen LogP contribution in [0, 0.1) is 0 Å². The molecule has 1 atom stereocenters. The molecule has 0 amide bonds. The first-order valence-electron chi connectivity index (χ1n) is 20.5. The van der Waals surface area contributed by atoms with Crippen molar-refractivity contribution in [2.24, 2.45) is 0 Å². The topological polar surface area (TPSA) is 78.9 Å². The van der Waals surface area contributed by atoms with Crippen molar-refractivity contribution in [3.05, 3.63) is 36.5 Å². The van der Waals surface area contributed by atoms with Gasteiger partial charge in [0, 0.05) is 19.3 Å². The van der Waals surface area contributed by atoms with Crippen LogP contribution in [0.1, 0.15) is 201 Å². The number of hydrogen-bond donors (Lipinski definition) is 0. The van der Waals surface area contributed by atoms with Gasteiger partial charge in [0.25, 0.3) is 0 Å². The van der Waals surface area contributed by atoms with E-state index >= 15 is 0 Å². The summed E-state index contributed by atoms with van der Waals surface area (Å²) in [5, 5.41) is 0. The number of ether oxygens (including phenoxy) is 3. The van der Waals surface area contributed by atoms with Crippen LogP contribution < -0.4 is 0 Å². The van der Waals surface area contributed by atoms with Crippen LogP contribution in [0.15, 0.2) is 36.5 Å². The molecule has 0 aliphatic heterocycles. The molecule has 0 aliphatic rings. The zero-order valence-electron chi connectivity index (χ0n) is 32.2. The molecule has 0 aromatic heterocycles. The van der Waals surface area contributed by atoms with Crippen LogP contribution in [-0.2, 0) is 28.6 Å². The molecule has 0 heterocycles. The van der Waals surface area contributed by atoms with Crippen molar-refractivity contribution in [1.29, 1.82) is 0 Å². The van der Waals surface area contributed by atoms with Gasteiger partial charge >= 0.3 is 17.9 Å². The molecule has 0 bridgehead atoms. The van der Waals surface area contributed by atoms with Crippen molar-refractivity contribution in [2.75, 3.05) is 13.2 Å². The molecule has 0 rings (SSSR count). The predicted octanol–water partition coefficient (Wildman–Crippen LogP) is 12.6. The van der Waals surface area contributed by atoms with E-state index in [2.05, 4.69) is 57.2 Å². The monoisotopic (exact) mass is 689 g/mol. The van der Waals surface area contributed by atoms with Gasteiger partial charge in [0.05, 0.1) is 0 Å². The number of carbonyl (C=O) groups excluding carboxylic acids is 3. The fourth-order valence-electron chi connectivity index (χ4n) is 5.46. The van der Waals surface area contributed by atoms with Crippen LogP contribution in [0.25, 0.3) is 0 Å². The second-order valence-corrected chi connectivity index (χ2v) is 13.6. The van der Waals surface area contributed by atoms with Gasteiger partial charge in [0.1, 0.15) is 13.2 Å². The third-order valence-electron chi connectivity index (χ3n) is 8.65. The van der Waals surface area contributed by atoms with E-state index in [-0.39, 0.29) is 31.1 Å². The lowest BCUT2D eigenvalue weighted by atomic mass is 10.1. The van der Waals surface area contributed by atoms with Gasteiger partial charge in [-0.05, 0) is 57.8 Å². The van der Waals surface area contributed by atoms with E-state index < -0.39 is 6.10 Å². The lowest BCUT2D eigenvalue weighted by Crippen LogP contribution is -2.30. The average Bonchev–Trinajstić information content (AvgIpc) is 3.10. The van der Waals surface area contributed by atoms with E-state index in [4.69, 9.17) is 14.2 Å². The molecule has 0 aliphatic carbocycles.